The van der Waals surface area contributed by atoms with Gasteiger partial charge in [-0.2, -0.15) is 0 Å². The van der Waals surface area contributed by atoms with E-state index in [4.69, 9.17) is 4.74 Å². The molecule has 2 saturated heterocycles. The lowest BCUT2D eigenvalue weighted by Gasteiger charge is -2.41. The highest BCUT2D eigenvalue weighted by molar-refractivity contribution is 5.68. The number of ether oxygens (including phenoxy) is 1. The Morgan fingerprint density at radius 3 is 2.18 bits per heavy atom. The summed E-state index contributed by atoms with van der Waals surface area (Å²) in [5, 5.41) is 3.50. The van der Waals surface area contributed by atoms with Crippen molar-refractivity contribution in [3.63, 3.8) is 0 Å². The number of carbonyl (C=O) groups excluding carboxylic acids is 1. The van der Waals surface area contributed by atoms with E-state index >= 15 is 0 Å². The van der Waals surface area contributed by atoms with Gasteiger partial charge in [0.15, 0.2) is 0 Å². The second-order valence-corrected chi connectivity index (χ2v) is 8.02. The summed E-state index contributed by atoms with van der Waals surface area (Å²) in [5.41, 5.74) is -0.399. The van der Waals surface area contributed by atoms with Gasteiger partial charge >= 0.3 is 6.09 Å². The molecule has 0 aromatic rings. The molecule has 3 fully saturated rings. The predicted molar refractivity (Wildman–Crippen MR) is 87.0 cm³/mol. The first kappa shape index (κ1) is 16.1. The first-order valence-corrected chi connectivity index (χ1v) is 8.90. The number of hydrogen-bond donors (Lipinski definition) is 1. The van der Waals surface area contributed by atoms with E-state index < -0.39 is 5.60 Å². The van der Waals surface area contributed by atoms with Crippen molar-refractivity contribution in [1.29, 1.82) is 0 Å². The number of carbonyl (C=O) groups is 1. The van der Waals surface area contributed by atoms with Gasteiger partial charge < -0.3 is 15.0 Å². The van der Waals surface area contributed by atoms with Crippen molar-refractivity contribution in [1.82, 2.24) is 15.1 Å². The molecule has 126 valence electrons. The molecule has 0 spiro atoms. The molecule has 1 atom stereocenters. The first-order chi connectivity index (χ1) is 10.4. The van der Waals surface area contributed by atoms with Gasteiger partial charge in [-0.3, -0.25) is 4.90 Å². The largest absolute Gasteiger partial charge is 0.444 e. The fourth-order valence-corrected chi connectivity index (χ4v) is 3.83. The number of hydrogen-bond acceptors (Lipinski definition) is 4. The third-order valence-corrected chi connectivity index (χ3v) is 4.96. The van der Waals surface area contributed by atoms with Crippen LogP contribution in [0.1, 0.15) is 52.9 Å². The molecule has 2 heterocycles. The van der Waals surface area contributed by atoms with E-state index in [0.29, 0.717) is 12.1 Å². The van der Waals surface area contributed by atoms with Crippen molar-refractivity contribution >= 4 is 6.09 Å². The molecular formula is C17H31N3O2. The molecular weight excluding hydrogens is 278 g/mol. The van der Waals surface area contributed by atoms with Gasteiger partial charge in [0, 0.05) is 37.8 Å². The molecule has 0 aromatic carbocycles. The third kappa shape index (κ3) is 3.93. The minimum Gasteiger partial charge on any atom is -0.444 e. The van der Waals surface area contributed by atoms with Crippen LogP contribution in [0.5, 0.6) is 0 Å². The van der Waals surface area contributed by atoms with Crippen LogP contribution in [-0.4, -0.2) is 65.8 Å². The van der Waals surface area contributed by atoms with Gasteiger partial charge in [-0.25, -0.2) is 4.79 Å². The molecule has 1 amide bonds. The molecule has 1 unspecified atom stereocenters. The Morgan fingerprint density at radius 2 is 1.68 bits per heavy atom. The van der Waals surface area contributed by atoms with E-state index in [9.17, 15) is 4.79 Å². The summed E-state index contributed by atoms with van der Waals surface area (Å²) in [6.45, 7) is 9.76. The van der Waals surface area contributed by atoms with Crippen LogP contribution in [0.25, 0.3) is 0 Å². The first-order valence-electron chi connectivity index (χ1n) is 8.90. The number of piperidine rings is 1. The van der Waals surface area contributed by atoms with Crippen LogP contribution in [0.15, 0.2) is 0 Å². The summed E-state index contributed by atoms with van der Waals surface area (Å²) in [5.74, 6) is 0. The van der Waals surface area contributed by atoms with Crippen LogP contribution in [0, 0.1) is 0 Å². The number of nitrogens with zero attached hydrogens (tertiary/aromatic N) is 2. The van der Waals surface area contributed by atoms with Gasteiger partial charge in [0.1, 0.15) is 5.60 Å². The average molecular weight is 309 g/mol. The van der Waals surface area contributed by atoms with E-state index in [1.807, 2.05) is 25.7 Å². The average Bonchev–Trinajstić information content (AvgIpc) is 3.12. The molecule has 5 nitrogen and oxygen atoms in total. The Kier molecular flexibility index (Phi) is 4.64. The SMILES string of the molecule is CC(C)(C)OC(=O)N1CCC(N(C2CC2)C2CCNC2)CC1. The Balaban J connectivity index is 1.53. The summed E-state index contributed by atoms with van der Waals surface area (Å²) in [7, 11) is 0. The number of amides is 1. The molecule has 3 rings (SSSR count). The minimum absolute atomic E-state index is 0.147. The van der Waals surface area contributed by atoms with E-state index in [1.165, 1.54) is 19.3 Å². The van der Waals surface area contributed by atoms with Gasteiger partial charge in [0.2, 0.25) is 0 Å². The van der Waals surface area contributed by atoms with Crippen molar-refractivity contribution in [2.24, 2.45) is 0 Å². The van der Waals surface area contributed by atoms with Gasteiger partial charge in [-0.05, 0) is 59.4 Å². The van der Waals surface area contributed by atoms with Crippen LogP contribution < -0.4 is 5.32 Å². The van der Waals surface area contributed by atoms with E-state index in [2.05, 4.69) is 10.2 Å². The maximum absolute atomic E-state index is 12.2. The summed E-state index contributed by atoms with van der Waals surface area (Å²) in [6.07, 6.45) is 6.04. The van der Waals surface area contributed by atoms with Gasteiger partial charge in [-0.15, -0.1) is 0 Å². The van der Waals surface area contributed by atoms with Gasteiger partial charge in [0.25, 0.3) is 0 Å². The number of rotatable bonds is 3. The van der Waals surface area contributed by atoms with Crippen LogP contribution in [0.2, 0.25) is 0 Å². The quantitative estimate of drug-likeness (QED) is 0.868. The zero-order valence-corrected chi connectivity index (χ0v) is 14.3. The maximum Gasteiger partial charge on any atom is 0.410 e. The highest BCUT2D eigenvalue weighted by atomic mass is 16.6. The van der Waals surface area contributed by atoms with E-state index in [-0.39, 0.29) is 6.09 Å². The smallest absolute Gasteiger partial charge is 0.410 e. The molecule has 0 radical (unpaired) electrons. The molecule has 1 N–H and O–H groups in total. The fraction of sp³-hybridized carbons (Fsp3) is 0.941. The summed E-state index contributed by atoms with van der Waals surface area (Å²) in [4.78, 5) is 16.8. The molecule has 0 aromatic heterocycles. The lowest BCUT2D eigenvalue weighted by Crippen LogP contribution is -2.52. The lowest BCUT2D eigenvalue weighted by molar-refractivity contribution is 0.0105. The van der Waals surface area contributed by atoms with Crippen molar-refractivity contribution in [3.8, 4) is 0 Å². The van der Waals surface area contributed by atoms with Crippen molar-refractivity contribution < 1.29 is 9.53 Å². The fourth-order valence-electron chi connectivity index (χ4n) is 3.83. The third-order valence-electron chi connectivity index (χ3n) is 4.96. The summed E-state index contributed by atoms with van der Waals surface area (Å²) in [6, 6.07) is 2.17. The zero-order chi connectivity index (χ0) is 15.7. The summed E-state index contributed by atoms with van der Waals surface area (Å²) >= 11 is 0. The molecule has 0 bridgehead atoms. The molecule has 3 aliphatic rings. The van der Waals surface area contributed by atoms with Crippen molar-refractivity contribution in [3.05, 3.63) is 0 Å². The van der Waals surface area contributed by atoms with Crippen molar-refractivity contribution in [2.75, 3.05) is 26.2 Å². The Hall–Kier alpha value is -0.810. The zero-order valence-electron chi connectivity index (χ0n) is 14.3. The Labute approximate surface area is 134 Å². The molecule has 5 heteroatoms. The second-order valence-electron chi connectivity index (χ2n) is 8.02. The highest BCUT2D eigenvalue weighted by Gasteiger charge is 2.41. The topological polar surface area (TPSA) is 44.8 Å². The van der Waals surface area contributed by atoms with Gasteiger partial charge in [0.05, 0.1) is 0 Å². The standard InChI is InChI=1S/C17H31N3O2/c1-17(2,3)22-16(21)19-10-7-14(8-11-19)20(13-4-5-13)15-6-9-18-12-15/h13-15,18H,4-12H2,1-3H3. The van der Waals surface area contributed by atoms with Gasteiger partial charge in [-0.1, -0.05) is 0 Å². The monoisotopic (exact) mass is 309 g/mol. The van der Waals surface area contributed by atoms with Crippen LogP contribution in [-0.2, 0) is 4.74 Å². The minimum atomic E-state index is -0.399. The second kappa shape index (κ2) is 6.36. The molecule has 1 saturated carbocycles. The van der Waals surface area contributed by atoms with E-state index in [0.717, 1.165) is 45.1 Å². The molecule has 22 heavy (non-hydrogen) atoms. The number of nitrogens with one attached hydrogen (secondary N) is 1. The number of likely N-dealkylation sites (tertiary alicyclic amines) is 1. The van der Waals surface area contributed by atoms with Crippen LogP contribution in [0.4, 0.5) is 4.79 Å². The molecule has 2 aliphatic heterocycles. The maximum atomic E-state index is 12.2. The normalized spacial score (nSPS) is 27.5. The Morgan fingerprint density at radius 1 is 1.05 bits per heavy atom. The lowest BCUT2D eigenvalue weighted by atomic mass is 10.0. The highest BCUT2D eigenvalue weighted by Crippen LogP contribution is 2.35. The predicted octanol–water partition coefficient (Wildman–Crippen LogP) is 2.21. The van der Waals surface area contributed by atoms with Crippen molar-refractivity contribution in [2.45, 2.75) is 76.6 Å². The summed E-state index contributed by atoms with van der Waals surface area (Å²) < 4.78 is 5.50. The van der Waals surface area contributed by atoms with Crippen LogP contribution >= 0.6 is 0 Å². The Bertz CT molecular complexity index is 389. The molecule has 1 aliphatic carbocycles. The van der Waals surface area contributed by atoms with Crippen LogP contribution in [0.3, 0.4) is 0 Å². The van der Waals surface area contributed by atoms with E-state index in [1.54, 1.807) is 0 Å².